The minimum absolute atomic E-state index is 0.0425. The van der Waals surface area contributed by atoms with Gasteiger partial charge in [-0.25, -0.2) is 4.98 Å². The van der Waals surface area contributed by atoms with Crippen molar-refractivity contribution in [3.63, 3.8) is 0 Å². The van der Waals surface area contributed by atoms with E-state index in [1.807, 2.05) is 13.2 Å². The number of aromatic nitrogens is 1. The van der Waals surface area contributed by atoms with Gasteiger partial charge in [0.25, 0.3) is 0 Å². The molecule has 2 N–H and O–H groups in total. The molecule has 1 aliphatic heterocycles. The predicted octanol–water partition coefficient (Wildman–Crippen LogP) is 0.824. The Kier molecular flexibility index (Phi) is 4.37. The molecule has 5 nitrogen and oxygen atoms in total. The number of carbonyl (C=O) groups excluding carboxylic acids is 1. The lowest BCUT2D eigenvalue weighted by Crippen LogP contribution is -2.35. The van der Waals surface area contributed by atoms with Crippen LogP contribution in [0.1, 0.15) is 24.5 Å². The molecular weight excluding hydrogens is 240 g/mol. The van der Waals surface area contributed by atoms with Crippen LogP contribution in [0.4, 0.5) is 5.82 Å². The van der Waals surface area contributed by atoms with Gasteiger partial charge in [-0.2, -0.15) is 0 Å². The van der Waals surface area contributed by atoms with Crippen molar-refractivity contribution < 1.29 is 4.79 Å². The van der Waals surface area contributed by atoms with Gasteiger partial charge in [0.1, 0.15) is 5.82 Å². The average molecular weight is 262 g/mol. The number of anilines is 1. The molecule has 0 radical (unpaired) electrons. The van der Waals surface area contributed by atoms with Crippen LogP contribution in [-0.2, 0) is 11.3 Å². The second-order valence-corrected chi connectivity index (χ2v) is 5.15. The van der Waals surface area contributed by atoms with Gasteiger partial charge in [0, 0.05) is 38.8 Å². The first-order chi connectivity index (χ1) is 9.10. The Labute approximate surface area is 114 Å². The molecule has 1 atom stereocenters. The molecule has 1 aliphatic rings. The monoisotopic (exact) mass is 262 g/mol. The molecule has 0 bridgehead atoms. The van der Waals surface area contributed by atoms with Crippen LogP contribution in [0.25, 0.3) is 0 Å². The molecule has 5 heteroatoms. The van der Waals surface area contributed by atoms with Gasteiger partial charge in [-0.1, -0.05) is 0 Å². The Morgan fingerprint density at radius 2 is 2.37 bits per heavy atom. The Bertz CT molecular complexity index is 461. The molecule has 1 aromatic heterocycles. The van der Waals surface area contributed by atoms with Gasteiger partial charge in [0.05, 0.1) is 0 Å². The number of nitrogens with one attached hydrogen (secondary N) is 2. The first-order valence-corrected chi connectivity index (χ1v) is 6.72. The lowest BCUT2D eigenvalue weighted by atomic mass is 10.2. The summed E-state index contributed by atoms with van der Waals surface area (Å²) in [5.74, 6) is 1.08. The highest BCUT2D eigenvalue weighted by Gasteiger charge is 2.24. The summed E-state index contributed by atoms with van der Waals surface area (Å²) in [6.45, 7) is 6.29. The molecule has 2 heterocycles. The third kappa shape index (κ3) is 3.44. The minimum Gasteiger partial charge on any atom is -0.354 e. The molecule has 104 valence electrons. The molecule has 19 heavy (non-hydrogen) atoms. The summed E-state index contributed by atoms with van der Waals surface area (Å²) < 4.78 is 0. The van der Waals surface area contributed by atoms with Crippen LogP contribution in [0.3, 0.4) is 0 Å². The maximum atomic E-state index is 11.1. The highest BCUT2D eigenvalue weighted by atomic mass is 16.1. The third-order valence-corrected chi connectivity index (χ3v) is 3.38. The van der Waals surface area contributed by atoms with Crippen molar-refractivity contribution in [2.24, 2.45) is 0 Å². The smallest absolute Gasteiger partial charge is 0.217 e. The fourth-order valence-electron chi connectivity index (χ4n) is 2.62. The summed E-state index contributed by atoms with van der Waals surface area (Å²) in [6, 6.07) is 2.42. The van der Waals surface area contributed by atoms with Crippen molar-refractivity contribution in [1.82, 2.24) is 15.6 Å². The molecule has 0 aromatic carbocycles. The van der Waals surface area contributed by atoms with Gasteiger partial charge in [-0.05, 0) is 37.6 Å². The van der Waals surface area contributed by atoms with Crippen molar-refractivity contribution >= 4 is 11.7 Å². The number of amides is 1. The molecule has 0 spiro atoms. The largest absolute Gasteiger partial charge is 0.354 e. The summed E-state index contributed by atoms with van der Waals surface area (Å²) >= 11 is 0. The van der Waals surface area contributed by atoms with Gasteiger partial charge in [-0.15, -0.1) is 0 Å². The van der Waals surface area contributed by atoms with E-state index in [1.54, 1.807) is 6.92 Å². The number of hydrogen-bond donors (Lipinski definition) is 2. The van der Waals surface area contributed by atoms with E-state index in [-0.39, 0.29) is 11.9 Å². The zero-order valence-corrected chi connectivity index (χ0v) is 11.9. The summed E-state index contributed by atoms with van der Waals surface area (Å²) in [5.41, 5.74) is 2.39. The maximum Gasteiger partial charge on any atom is 0.217 e. The number of nitrogens with zero attached hydrogens (tertiary/aromatic N) is 2. The first-order valence-electron chi connectivity index (χ1n) is 6.72. The second kappa shape index (κ2) is 6.02. The summed E-state index contributed by atoms with van der Waals surface area (Å²) in [5, 5.41) is 6.10. The van der Waals surface area contributed by atoms with Crippen molar-refractivity contribution in [1.29, 1.82) is 0 Å². The molecule has 1 unspecified atom stereocenters. The van der Waals surface area contributed by atoms with Crippen LogP contribution < -0.4 is 15.5 Å². The fourth-order valence-corrected chi connectivity index (χ4v) is 2.62. The van der Waals surface area contributed by atoms with Crippen molar-refractivity contribution in [2.45, 2.75) is 32.9 Å². The van der Waals surface area contributed by atoms with Crippen LogP contribution in [0.15, 0.2) is 12.3 Å². The molecule has 2 rings (SSSR count). The quantitative estimate of drug-likeness (QED) is 0.843. The normalized spacial score (nSPS) is 18.7. The van der Waals surface area contributed by atoms with Crippen LogP contribution in [0.2, 0.25) is 0 Å². The molecule has 1 fully saturated rings. The molecule has 1 aromatic rings. The Morgan fingerprint density at radius 1 is 1.58 bits per heavy atom. The number of carbonyl (C=O) groups is 1. The highest BCUT2D eigenvalue weighted by Crippen LogP contribution is 2.22. The lowest BCUT2D eigenvalue weighted by Gasteiger charge is -2.20. The lowest BCUT2D eigenvalue weighted by molar-refractivity contribution is -0.119. The van der Waals surface area contributed by atoms with E-state index in [0.29, 0.717) is 0 Å². The van der Waals surface area contributed by atoms with Crippen molar-refractivity contribution in [3.05, 3.63) is 23.4 Å². The Balaban J connectivity index is 2.05. The predicted molar refractivity (Wildman–Crippen MR) is 76.2 cm³/mol. The van der Waals surface area contributed by atoms with Crippen LogP contribution in [0, 0.1) is 6.92 Å². The van der Waals surface area contributed by atoms with Crippen LogP contribution in [-0.4, -0.2) is 37.1 Å². The summed E-state index contributed by atoms with van der Waals surface area (Å²) in [7, 11) is 1.93. The summed E-state index contributed by atoms with van der Waals surface area (Å²) in [4.78, 5) is 17.9. The van der Waals surface area contributed by atoms with E-state index < -0.39 is 0 Å². The molecule has 1 amide bonds. The van der Waals surface area contributed by atoms with E-state index in [0.717, 1.165) is 31.9 Å². The van der Waals surface area contributed by atoms with E-state index in [2.05, 4.69) is 33.5 Å². The molecular formula is C14H22N4O. The number of pyridine rings is 1. The van der Waals surface area contributed by atoms with Gasteiger partial charge in [0.2, 0.25) is 5.91 Å². The third-order valence-electron chi connectivity index (χ3n) is 3.38. The van der Waals surface area contributed by atoms with E-state index in [9.17, 15) is 4.79 Å². The zero-order valence-electron chi connectivity index (χ0n) is 11.9. The van der Waals surface area contributed by atoms with Gasteiger partial charge >= 0.3 is 0 Å². The standard InChI is InChI=1S/C14H22N4O/c1-10-6-12(7-15-3)8-16-14(10)18-5-4-13(9-18)17-11(2)19/h6,8,13,15H,4-5,7,9H2,1-3H3,(H,17,19). The number of rotatable bonds is 4. The first kappa shape index (κ1) is 13.8. The highest BCUT2D eigenvalue weighted by molar-refractivity contribution is 5.73. The number of aryl methyl sites for hydroxylation is 1. The number of hydrogen-bond acceptors (Lipinski definition) is 4. The van der Waals surface area contributed by atoms with Crippen LogP contribution in [0.5, 0.6) is 0 Å². The average Bonchev–Trinajstić information content (AvgIpc) is 2.77. The van der Waals surface area contributed by atoms with Crippen molar-refractivity contribution in [2.75, 3.05) is 25.0 Å². The van der Waals surface area contributed by atoms with E-state index in [4.69, 9.17) is 0 Å². The molecule has 0 aliphatic carbocycles. The van der Waals surface area contributed by atoms with Crippen LogP contribution >= 0.6 is 0 Å². The van der Waals surface area contributed by atoms with Gasteiger partial charge in [-0.3, -0.25) is 4.79 Å². The Hall–Kier alpha value is -1.62. The van der Waals surface area contributed by atoms with E-state index >= 15 is 0 Å². The van der Waals surface area contributed by atoms with Crippen molar-refractivity contribution in [3.8, 4) is 0 Å². The van der Waals surface area contributed by atoms with Gasteiger partial charge in [0.15, 0.2) is 0 Å². The van der Waals surface area contributed by atoms with Gasteiger partial charge < -0.3 is 15.5 Å². The fraction of sp³-hybridized carbons (Fsp3) is 0.571. The topological polar surface area (TPSA) is 57.3 Å². The van der Waals surface area contributed by atoms with E-state index in [1.165, 1.54) is 11.1 Å². The zero-order chi connectivity index (χ0) is 13.8. The Morgan fingerprint density at radius 3 is 3.00 bits per heavy atom. The summed E-state index contributed by atoms with van der Waals surface area (Å²) in [6.07, 6.45) is 2.91. The molecule has 1 saturated heterocycles. The minimum atomic E-state index is 0.0425. The maximum absolute atomic E-state index is 11.1. The SMILES string of the molecule is CNCc1cnc(N2CCC(NC(C)=O)C2)c(C)c1. The molecule has 0 saturated carbocycles. The second-order valence-electron chi connectivity index (χ2n) is 5.15.